The average Bonchev–Trinajstić information content (AvgIpc) is 1.65. The first-order valence-corrected chi connectivity index (χ1v) is 1.63. The molecule has 0 aliphatic carbocycles. The smallest absolute Gasteiger partial charge is 0.136 e. The van der Waals surface area contributed by atoms with E-state index in [4.69, 9.17) is 6.42 Å². The van der Waals surface area contributed by atoms with Gasteiger partial charge in [-0.25, -0.2) is 5.90 Å². The van der Waals surface area contributed by atoms with Gasteiger partial charge in [0.2, 0.25) is 0 Å². The summed E-state index contributed by atoms with van der Waals surface area (Å²) < 4.78 is 0. The molecule has 0 rings (SSSR count). The highest BCUT2D eigenvalue weighted by Crippen LogP contribution is 1.75. The third-order valence-corrected chi connectivity index (χ3v) is 0.439. The van der Waals surface area contributed by atoms with Gasteiger partial charge in [-0.2, -0.15) is 0 Å². The van der Waals surface area contributed by atoms with E-state index in [1.54, 1.807) is 6.92 Å². The summed E-state index contributed by atoms with van der Waals surface area (Å²) in [5.41, 5.74) is 0. The Morgan fingerprint density at radius 3 is 2.50 bits per heavy atom. The van der Waals surface area contributed by atoms with Crippen molar-refractivity contribution < 1.29 is 4.84 Å². The molecule has 0 bridgehead atoms. The zero-order valence-corrected chi connectivity index (χ0v) is 3.64. The summed E-state index contributed by atoms with van der Waals surface area (Å²) >= 11 is 0. The van der Waals surface area contributed by atoms with Crippen molar-refractivity contribution in [1.29, 1.82) is 0 Å². The number of hydrogen-bond acceptors (Lipinski definition) is 2. The molecule has 0 aliphatic heterocycles. The Morgan fingerprint density at radius 2 is 2.50 bits per heavy atom. The summed E-state index contributed by atoms with van der Waals surface area (Å²) in [4.78, 5) is 4.16. The van der Waals surface area contributed by atoms with Crippen LogP contribution in [0.1, 0.15) is 6.92 Å². The van der Waals surface area contributed by atoms with Gasteiger partial charge >= 0.3 is 0 Å². The van der Waals surface area contributed by atoms with E-state index in [0.29, 0.717) is 0 Å². The molecule has 0 saturated heterocycles. The lowest BCUT2D eigenvalue weighted by Crippen LogP contribution is -2.09. The summed E-state index contributed by atoms with van der Waals surface area (Å²) in [6.07, 6.45) is 4.57. The second-order valence-electron chi connectivity index (χ2n) is 0.945. The normalized spacial score (nSPS) is 12.8. The van der Waals surface area contributed by atoms with Crippen molar-refractivity contribution in [2.75, 3.05) is 0 Å². The van der Waals surface area contributed by atoms with Crippen LogP contribution in [0.4, 0.5) is 0 Å². The van der Waals surface area contributed by atoms with E-state index in [0.717, 1.165) is 0 Å². The van der Waals surface area contributed by atoms with Gasteiger partial charge in [0.05, 0.1) is 0 Å². The van der Waals surface area contributed by atoms with Gasteiger partial charge in [0.25, 0.3) is 0 Å². The highest BCUT2D eigenvalue weighted by Gasteiger charge is 1.85. The molecule has 6 heavy (non-hydrogen) atoms. The molecule has 1 atom stereocenters. The molecule has 0 radical (unpaired) electrons. The molecule has 34 valence electrons. The lowest BCUT2D eigenvalue weighted by atomic mass is 10.4. The van der Waals surface area contributed by atoms with Gasteiger partial charge < -0.3 is 0 Å². The number of terminal acetylenes is 1. The summed E-state index contributed by atoms with van der Waals surface area (Å²) in [7, 11) is 0. The monoisotopic (exact) mass is 85.1 g/mol. The van der Waals surface area contributed by atoms with Crippen LogP contribution in [0, 0.1) is 12.3 Å². The Labute approximate surface area is 37.2 Å². The van der Waals surface area contributed by atoms with Gasteiger partial charge in [-0.1, -0.05) is 5.92 Å². The molecule has 0 aromatic rings. The predicted molar refractivity (Wildman–Crippen MR) is 23.6 cm³/mol. The molecule has 2 nitrogen and oxygen atoms in total. The van der Waals surface area contributed by atoms with E-state index in [1.165, 1.54) is 0 Å². The van der Waals surface area contributed by atoms with Gasteiger partial charge in [0, 0.05) is 0 Å². The third kappa shape index (κ3) is 1.77. The molecule has 0 saturated carbocycles. The van der Waals surface area contributed by atoms with Crippen molar-refractivity contribution in [2.24, 2.45) is 5.90 Å². The molecule has 0 aromatic heterocycles. The van der Waals surface area contributed by atoms with Crippen LogP contribution in [0.3, 0.4) is 0 Å². The van der Waals surface area contributed by atoms with Crippen LogP contribution in [0.25, 0.3) is 0 Å². The van der Waals surface area contributed by atoms with E-state index in [-0.39, 0.29) is 6.10 Å². The maximum absolute atomic E-state index is 4.83. The molecular weight excluding hydrogens is 78.0 g/mol. The van der Waals surface area contributed by atoms with Crippen LogP contribution in [-0.4, -0.2) is 6.10 Å². The van der Waals surface area contributed by atoms with Crippen LogP contribution < -0.4 is 5.90 Å². The van der Waals surface area contributed by atoms with Gasteiger partial charge in [-0.3, -0.25) is 4.84 Å². The van der Waals surface area contributed by atoms with E-state index in [2.05, 4.69) is 16.7 Å². The molecule has 0 fully saturated rings. The average molecular weight is 85.1 g/mol. The van der Waals surface area contributed by atoms with Crippen molar-refractivity contribution >= 4 is 0 Å². The Balaban J connectivity index is 3.04. The molecule has 0 aliphatic rings. The van der Waals surface area contributed by atoms with Crippen LogP contribution in [-0.2, 0) is 4.84 Å². The minimum Gasteiger partial charge on any atom is -0.289 e. The van der Waals surface area contributed by atoms with Gasteiger partial charge in [0.15, 0.2) is 0 Å². The molecule has 2 heteroatoms. The topological polar surface area (TPSA) is 35.2 Å². The number of nitrogens with two attached hydrogens (primary N) is 1. The van der Waals surface area contributed by atoms with Crippen molar-refractivity contribution in [3.05, 3.63) is 0 Å². The first-order chi connectivity index (χ1) is 2.81. The molecule has 0 spiro atoms. The van der Waals surface area contributed by atoms with Crippen LogP contribution in [0.5, 0.6) is 0 Å². The molecule has 1 unspecified atom stereocenters. The van der Waals surface area contributed by atoms with Crippen molar-refractivity contribution in [2.45, 2.75) is 13.0 Å². The van der Waals surface area contributed by atoms with Crippen molar-refractivity contribution in [3.8, 4) is 12.3 Å². The Bertz CT molecular complexity index is 64.4. The maximum atomic E-state index is 4.83. The van der Waals surface area contributed by atoms with Crippen molar-refractivity contribution in [1.82, 2.24) is 0 Å². The highest BCUT2D eigenvalue weighted by molar-refractivity contribution is 4.90. The summed E-state index contributed by atoms with van der Waals surface area (Å²) in [6, 6.07) is 0. The van der Waals surface area contributed by atoms with Gasteiger partial charge in [0.1, 0.15) is 6.10 Å². The summed E-state index contributed by atoms with van der Waals surface area (Å²) in [5.74, 6) is 6.91. The minimum atomic E-state index is -0.259. The minimum absolute atomic E-state index is 0.259. The number of hydrogen-bond donors (Lipinski definition) is 1. The van der Waals surface area contributed by atoms with E-state index >= 15 is 0 Å². The van der Waals surface area contributed by atoms with Crippen LogP contribution >= 0.6 is 0 Å². The highest BCUT2D eigenvalue weighted by atomic mass is 16.6. The van der Waals surface area contributed by atoms with Crippen LogP contribution in [0.2, 0.25) is 0 Å². The van der Waals surface area contributed by atoms with E-state index in [1.807, 2.05) is 0 Å². The Kier molecular flexibility index (Phi) is 2.47. The second-order valence-corrected chi connectivity index (χ2v) is 0.945. The largest absolute Gasteiger partial charge is 0.289 e. The van der Waals surface area contributed by atoms with Crippen LogP contribution in [0.15, 0.2) is 0 Å². The molecule has 0 aromatic carbocycles. The third-order valence-electron chi connectivity index (χ3n) is 0.439. The SMILES string of the molecule is C#CC(C)ON. The zero-order valence-electron chi connectivity index (χ0n) is 3.64. The fourth-order valence-corrected chi connectivity index (χ4v) is 0.0393. The van der Waals surface area contributed by atoms with Crippen molar-refractivity contribution in [3.63, 3.8) is 0 Å². The Hall–Kier alpha value is -0.520. The molecule has 2 N–H and O–H groups in total. The van der Waals surface area contributed by atoms with Gasteiger partial charge in [-0.05, 0) is 6.92 Å². The predicted octanol–water partition coefficient (Wildman–Crippen LogP) is -0.102. The lowest BCUT2D eigenvalue weighted by Gasteiger charge is -1.93. The first-order valence-electron chi connectivity index (χ1n) is 1.63. The fraction of sp³-hybridized carbons (Fsp3) is 0.500. The standard InChI is InChI=1S/C4H7NO/c1-3-4(2)6-5/h1,4H,5H2,2H3. The first kappa shape index (κ1) is 5.48. The quantitative estimate of drug-likeness (QED) is 0.356. The van der Waals surface area contributed by atoms with E-state index < -0.39 is 0 Å². The number of rotatable bonds is 1. The zero-order chi connectivity index (χ0) is 4.99. The molecule has 0 amide bonds. The molecule has 0 heterocycles. The fourth-order valence-electron chi connectivity index (χ4n) is 0.0393. The second kappa shape index (κ2) is 2.70. The lowest BCUT2D eigenvalue weighted by molar-refractivity contribution is 0.106. The summed E-state index contributed by atoms with van der Waals surface area (Å²) in [6.45, 7) is 1.69. The molecular formula is C4H7NO. The summed E-state index contributed by atoms with van der Waals surface area (Å²) in [5, 5.41) is 0. The maximum Gasteiger partial charge on any atom is 0.136 e. The Morgan fingerprint density at radius 1 is 2.00 bits per heavy atom. The van der Waals surface area contributed by atoms with E-state index in [9.17, 15) is 0 Å². The van der Waals surface area contributed by atoms with Gasteiger partial charge in [-0.15, -0.1) is 6.42 Å².